The van der Waals surface area contributed by atoms with Gasteiger partial charge >= 0.3 is 0 Å². The van der Waals surface area contributed by atoms with Crippen molar-refractivity contribution in [2.75, 3.05) is 0 Å². The summed E-state index contributed by atoms with van der Waals surface area (Å²) in [6.07, 6.45) is 4.64. The van der Waals surface area contributed by atoms with E-state index in [9.17, 15) is 4.79 Å². The van der Waals surface area contributed by atoms with E-state index in [0.717, 1.165) is 22.4 Å². The van der Waals surface area contributed by atoms with Crippen LogP contribution in [0.25, 0.3) is 5.69 Å². The van der Waals surface area contributed by atoms with Crippen LogP contribution in [0, 0.1) is 13.8 Å². The molecule has 1 unspecified atom stereocenters. The van der Waals surface area contributed by atoms with Crippen molar-refractivity contribution in [3.05, 3.63) is 76.8 Å². The molecule has 0 saturated heterocycles. The fraction of sp³-hybridized carbons (Fsp3) is 0.227. The summed E-state index contributed by atoms with van der Waals surface area (Å²) in [5.41, 5.74) is 6.98. The zero-order valence-corrected chi connectivity index (χ0v) is 17.6. The number of aromatic nitrogens is 2. The van der Waals surface area contributed by atoms with Gasteiger partial charge in [-0.25, -0.2) is 10.4 Å². The van der Waals surface area contributed by atoms with Gasteiger partial charge in [-0.2, -0.15) is 5.10 Å². The number of amides is 1. The SMILES string of the molecule is C/C(=N\NC(=O)C(C)Oc1cc(C)c(Cl)c(C)c1)c1ccc(-n2ccnc2)cc1. The van der Waals surface area contributed by atoms with Crippen LogP contribution in [0.2, 0.25) is 5.02 Å². The summed E-state index contributed by atoms with van der Waals surface area (Å²) < 4.78 is 7.65. The van der Waals surface area contributed by atoms with Gasteiger partial charge in [0.2, 0.25) is 0 Å². The quantitative estimate of drug-likeness (QED) is 0.482. The van der Waals surface area contributed by atoms with Crippen LogP contribution < -0.4 is 10.2 Å². The molecule has 1 heterocycles. The minimum absolute atomic E-state index is 0.329. The van der Waals surface area contributed by atoms with E-state index in [-0.39, 0.29) is 5.91 Å². The number of ether oxygens (including phenoxy) is 1. The van der Waals surface area contributed by atoms with Crippen molar-refractivity contribution in [3.8, 4) is 11.4 Å². The Balaban J connectivity index is 1.61. The lowest BCUT2D eigenvalue weighted by Gasteiger charge is -2.15. The number of benzene rings is 2. The van der Waals surface area contributed by atoms with Gasteiger partial charge in [-0.3, -0.25) is 4.79 Å². The molecular weight excluding hydrogens is 388 g/mol. The summed E-state index contributed by atoms with van der Waals surface area (Å²) in [5.74, 6) is 0.271. The highest BCUT2D eigenvalue weighted by molar-refractivity contribution is 6.32. The van der Waals surface area contributed by atoms with Gasteiger partial charge in [-0.15, -0.1) is 0 Å². The van der Waals surface area contributed by atoms with E-state index in [0.29, 0.717) is 16.5 Å². The molecule has 0 spiro atoms. The Morgan fingerprint density at radius 2 is 1.86 bits per heavy atom. The molecule has 0 saturated carbocycles. The maximum absolute atomic E-state index is 12.3. The lowest BCUT2D eigenvalue weighted by atomic mass is 10.1. The monoisotopic (exact) mass is 410 g/mol. The Morgan fingerprint density at radius 3 is 2.45 bits per heavy atom. The molecule has 7 heteroatoms. The summed E-state index contributed by atoms with van der Waals surface area (Å²) in [5, 5.41) is 4.90. The van der Waals surface area contributed by atoms with E-state index in [1.54, 1.807) is 19.4 Å². The van der Waals surface area contributed by atoms with Crippen LogP contribution in [0.15, 0.2) is 60.2 Å². The van der Waals surface area contributed by atoms with E-state index in [1.807, 2.05) is 67.9 Å². The molecule has 1 aromatic heterocycles. The van der Waals surface area contributed by atoms with Crippen LogP contribution in [-0.2, 0) is 4.79 Å². The number of nitrogens with zero attached hydrogens (tertiary/aromatic N) is 3. The van der Waals surface area contributed by atoms with Crippen LogP contribution >= 0.6 is 11.6 Å². The predicted molar refractivity (Wildman–Crippen MR) is 115 cm³/mol. The molecule has 0 fully saturated rings. The second-order valence-corrected chi connectivity index (χ2v) is 7.20. The van der Waals surface area contributed by atoms with Gasteiger partial charge < -0.3 is 9.30 Å². The van der Waals surface area contributed by atoms with Crippen molar-refractivity contribution in [1.29, 1.82) is 0 Å². The number of aryl methyl sites for hydroxylation is 2. The first-order valence-electron chi connectivity index (χ1n) is 9.21. The number of carbonyl (C=O) groups is 1. The molecule has 1 amide bonds. The number of rotatable bonds is 6. The second-order valence-electron chi connectivity index (χ2n) is 6.82. The number of halogens is 1. The van der Waals surface area contributed by atoms with Crippen LogP contribution in [0.4, 0.5) is 0 Å². The molecule has 0 bridgehead atoms. The van der Waals surface area contributed by atoms with Crippen molar-refractivity contribution in [3.63, 3.8) is 0 Å². The van der Waals surface area contributed by atoms with Gasteiger partial charge in [-0.05, 0) is 68.7 Å². The molecule has 0 radical (unpaired) electrons. The molecule has 1 atom stereocenters. The van der Waals surface area contributed by atoms with Gasteiger partial charge in [0.25, 0.3) is 5.91 Å². The smallest absolute Gasteiger partial charge is 0.280 e. The first-order chi connectivity index (χ1) is 13.8. The van der Waals surface area contributed by atoms with Crippen LogP contribution in [0.1, 0.15) is 30.5 Å². The van der Waals surface area contributed by atoms with E-state index in [1.165, 1.54) is 0 Å². The Labute approximate surface area is 175 Å². The lowest BCUT2D eigenvalue weighted by Crippen LogP contribution is -2.34. The Hall–Kier alpha value is -3.12. The molecule has 0 aliphatic carbocycles. The Bertz CT molecular complexity index is 1000. The van der Waals surface area contributed by atoms with Crippen molar-refractivity contribution < 1.29 is 9.53 Å². The van der Waals surface area contributed by atoms with E-state index < -0.39 is 6.10 Å². The minimum atomic E-state index is -0.699. The fourth-order valence-electron chi connectivity index (χ4n) is 2.81. The highest BCUT2D eigenvalue weighted by atomic mass is 35.5. The molecule has 1 N–H and O–H groups in total. The van der Waals surface area contributed by atoms with Gasteiger partial charge in [-0.1, -0.05) is 23.7 Å². The lowest BCUT2D eigenvalue weighted by molar-refractivity contribution is -0.127. The van der Waals surface area contributed by atoms with Crippen LogP contribution in [-0.4, -0.2) is 27.3 Å². The van der Waals surface area contributed by atoms with Gasteiger partial charge in [0.05, 0.1) is 12.0 Å². The predicted octanol–water partition coefficient (Wildman–Crippen LogP) is 4.45. The van der Waals surface area contributed by atoms with E-state index in [2.05, 4.69) is 15.5 Å². The highest BCUT2D eigenvalue weighted by Crippen LogP contribution is 2.26. The Kier molecular flexibility index (Phi) is 6.34. The van der Waals surface area contributed by atoms with E-state index >= 15 is 0 Å². The zero-order valence-electron chi connectivity index (χ0n) is 16.8. The highest BCUT2D eigenvalue weighted by Gasteiger charge is 2.15. The third-order valence-electron chi connectivity index (χ3n) is 4.51. The average molecular weight is 411 g/mol. The third kappa shape index (κ3) is 5.03. The number of imidazole rings is 1. The summed E-state index contributed by atoms with van der Waals surface area (Å²) in [4.78, 5) is 16.4. The first-order valence-corrected chi connectivity index (χ1v) is 9.59. The van der Waals surface area contributed by atoms with Crippen molar-refractivity contribution >= 4 is 23.2 Å². The molecule has 0 aliphatic heterocycles. The fourth-order valence-corrected chi connectivity index (χ4v) is 2.92. The molecule has 0 aliphatic rings. The average Bonchev–Trinajstić information content (AvgIpc) is 3.24. The maximum atomic E-state index is 12.3. The van der Waals surface area contributed by atoms with Gasteiger partial charge in [0, 0.05) is 23.1 Å². The summed E-state index contributed by atoms with van der Waals surface area (Å²) in [7, 11) is 0. The van der Waals surface area contributed by atoms with Gasteiger partial charge in [0.1, 0.15) is 5.75 Å². The van der Waals surface area contributed by atoms with Crippen LogP contribution in [0.3, 0.4) is 0 Å². The summed E-state index contributed by atoms with van der Waals surface area (Å²) in [6.45, 7) is 7.32. The molecule has 6 nitrogen and oxygen atoms in total. The molecule has 150 valence electrons. The van der Waals surface area contributed by atoms with Gasteiger partial charge in [0.15, 0.2) is 6.10 Å². The number of carbonyl (C=O) groups excluding carboxylic acids is 1. The standard InChI is InChI=1S/C22H23ClN4O2/c1-14-11-20(12-15(2)21(14)23)29-17(4)22(28)26-25-16(3)18-5-7-19(8-6-18)27-10-9-24-13-27/h5-13,17H,1-4H3,(H,26,28)/b25-16+. The van der Waals surface area contributed by atoms with Crippen molar-refractivity contribution in [2.24, 2.45) is 5.10 Å². The second kappa shape index (κ2) is 8.92. The molecular formula is C22H23ClN4O2. The molecule has 29 heavy (non-hydrogen) atoms. The van der Waals surface area contributed by atoms with Crippen LogP contribution in [0.5, 0.6) is 5.75 Å². The van der Waals surface area contributed by atoms with E-state index in [4.69, 9.17) is 16.3 Å². The first kappa shape index (κ1) is 20.6. The number of hydrogen-bond acceptors (Lipinski definition) is 4. The Morgan fingerprint density at radius 1 is 1.21 bits per heavy atom. The number of hydrogen-bond donors (Lipinski definition) is 1. The zero-order chi connectivity index (χ0) is 21.0. The molecule has 2 aromatic carbocycles. The molecule has 3 aromatic rings. The summed E-state index contributed by atoms with van der Waals surface area (Å²) in [6, 6.07) is 11.5. The van der Waals surface area contributed by atoms with Crippen molar-refractivity contribution in [2.45, 2.75) is 33.8 Å². The largest absolute Gasteiger partial charge is 0.481 e. The number of nitrogens with one attached hydrogen (secondary N) is 1. The summed E-state index contributed by atoms with van der Waals surface area (Å²) >= 11 is 6.17. The van der Waals surface area contributed by atoms with Crippen molar-refractivity contribution in [1.82, 2.24) is 15.0 Å². The number of hydrazone groups is 1. The maximum Gasteiger partial charge on any atom is 0.280 e. The minimum Gasteiger partial charge on any atom is -0.481 e. The third-order valence-corrected chi connectivity index (χ3v) is 5.11. The normalized spacial score (nSPS) is 12.5. The topological polar surface area (TPSA) is 68.5 Å². The molecule has 3 rings (SSSR count).